The van der Waals surface area contributed by atoms with Crippen molar-refractivity contribution in [3.63, 3.8) is 0 Å². The van der Waals surface area contributed by atoms with Crippen LogP contribution in [-0.2, 0) is 4.74 Å². The number of methoxy groups -OCH3 is 1. The smallest absolute Gasteiger partial charge is 0.199 e. The molecule has 0 aliphatic carbocycles. The number of thioether (sulfide) groups is 1. The summed E-state index contributed by atoms with van der Waals surface area (Å²) in [6.45, 7) is 2.75. The quantitative estimate of drug-likeness (QED) is 0.495. The molecule has 25 heavy (non-hydrogen) atoms. The van der Waals surface area contributed by atoms with Crippen LogP contribution in [0.1, 0.15) is 40.1 Å². The molecule has 0 fully saturated rings. The Morgan fingerprint density at radius 1 is 1.12 bits per heavy atom. The summed E-state index contributed by atoms with van der Waals surface area (Å²) < 4.78 is 5.14. The highest BCUT2D eigenvalue weighted by Gasteiger charge is 2.26. The molecule has 2 aromatic rings. The summed E-state index contributed by atoms with van der Waals surface area (Å²) in [5.41, 5.74) is 4.46. The maximum absolute atomic E-state index is 12.9. The number of fused-ring (bicyclic) bond motifs is 1. The molecule has 0 spiro atoms. The van der Waals surface area contributed by atoms with Crippen LogP contribution in [0.2, 0.25) is 0 Å². The molecule has 0 saturated carbocycles. The fourth-order valence-corrected chi connectivity index (χ4v) is 4.35. The van der Waals surface area contributed by atoms with E-state index in [4.69, 9.17) is 4.74 Å². The first-order valence-electron chi connectivity index (χ1n) is 8.40. The van der Waals surface area contributed by atoms with E-state index in [2.05, 4.69) is 31.2 Å². The number of ketones is 1. The van der Waals surface area contributed by atoms with Gasteiger partial charge < -0.3 is 4.74 Å². The monoisotopic (exact) mass is 350 g/mol. The summed E-state index contributed by atoms with van der Waals surface area (Å²) in [4.78, 5) is 13.7. The van der Waals surface area contributed by atoms with E-state index in [1.807, 2.05) is 42.5 Å². The maximum atomic E-state index is 12.9. The van der Waals surface area contributed by atoms with E-state index in [1.54, 1.807) is 18.9 Å². The molecule has 3 rings (SSSR count). The third-order valence-electron chi connectivity index (χ3n) is 4.26. The third kappa shape index (κ3) is 4.30. The van der Waals surface area contributed by atoms with Crippen LogP contribution in [0.5, 0.6) is 0 Å². The van der Waals surface area contributed by atoms with Gasteiger partial charge in [0.05, 0.1) is 11.5 Å². The lowest BCUT2D eigenvalue weighted by Crippen LogP contribution is -2.09. The van der Waals surface area contributed by atoms with Crippen molar-refractivity contribution < 1.29 is 9.53 Å². The number of carbonyl (C=O) groups excluding carboxylic acids is 1. The minimum Gasteiger partial charge on any atom is -0.381 e. The van der Waals surface area contributed by atoms with Gasteiger partial charge in [0.2, 0.25) is 0 Å². The zero-order valence-electron chi connectivity index (χ0n) is 14.6. The normalized spacial score (nSPS) is 17.0. The van der Waals surface area contributed by atoms with Crippen molar-refractivity contribution in [2.45, 2.75) is 18.6 Å². The Kier molecular flexibility index (Phi) is 5.90. The number of rotatable bonds is 6. The number of hydrogen-bond donors (Lipinski definition) is 0. The van der Waals surface area contributed by atoms with Gasteiger partial charge in [0, 0.05) is 17.9 Å². The summed E-state index contributed by atoms with van der Waals surface area (Å²) in [5.74, 6) is 0.101. The highest BCUT2D eigenvalue weighted by Crippen LogP contribution is 2.46. The average Bonchev–Trinajstić information content (AvgIpc) is 2.66. The number of Topliss-reactive ketones (excluding diaryl/α,β-unsaturated/α-hetero) is 1. The van der Waals surface area contributed by atoms with E-state index in [-0.39, 0.29) is 11.0 Å². The predicted molar refractivity (Wildman–Crippen MR) is 106 cm³/mol. The molecule has 0 aromatic heterocycles. The number of allylic oxidation sites excluding steroid dienone is 2. The summed E-state index contributed by atoms with van der Waals surface area (Å²) in [6, 6.07) is 17.9. The Balaban J connectivity index is 1.90. The molecular formula is C22H22O2S. The Hall–Kier alpha value is -2.10. The lowest BCUT2D eigenvalue weighted by molar-refractivity contribution is 0.104. The molecular weight excluding hydrogens is 328 g/mol. The van der Waals surface area contributed by atoms with Crippen molar-refractivity contribution in [3.05, 3.63) is 87.8 Å². The van der Waals surface area contributed by atoms with Crippen LogP contribution < -0.4 is 0 Å². The Morgan fingerprint density at radius 2 is 1.84 bits per heavy atom. The molecule has 1 aliphatic heterocycles. The number of carbonyl (C=O) groups is 1. The second-order valence-corrected chi connectivity index (χ2v) is 7.39. The van der Waals surface area contributed by atoms with Crippen LogP contribution >= 0.6 is 11.8 Å². The molecule has 1 heterocycles. The molecule has 2 aromatic carbocycles. The SMILES string of the molecule is COC/C=C(/C)CC1SC(C(=O)c2ccccc2)=Cc2ccccc21. The van der Waals surface area contributed by atoms with Crippen molar-refractivity contribution in [1.29, 1.82) is 0 Å². The van der Waals surface area contributed by atoms with E-state index >= 15 is 0 Å². The standard InChI is InChI=1S/C22H22O2S/c1-16(12-13-24-2)14-20-19-11-7-6-10-18(19)15-21(25-20)22(23)17-8-4-3-5-9-17/h3-12,15,20H,13-14H2,1-2H3/b16-12-. The fraction of sp³-hybridized carbons (Fsp3) is 0.227. The first-order valence-corrected chi connectivity index (χ1v) is 9.28. The molecule has 2 nitrogen and oxygen atoms in total. The molecule has 0 bridgehead atoms. The van der Waals surface area contributed by atoms with E-state index < -0.39 is 0 Å². The average molecular weight is 350 g/mol. The second-order valence-electron chi connectivity index (χ2n) is 6.15. The maximum Gasteiger partial charge on any atom is 0.199 e. The third-order valence-corrected chi connectivity index (χ3v) is 5.53. The highest BCUT2D eigenvalue weighted by molar-refractivity contribution is 8.04. The summed E-state index contributed by atoms with van der Waals surface area (Å²) in [7, 11) is 1.70. The zero-order valence-corrected chi connectivity index (χ0v) is 15.4. The first-order chi connectivity index (χ1) is 12.2. The van der Waals surface area contributed by atoms with Crippen LogP contribution in [0.3, 0.4) is 0 Å². The molecule has 0 radical (unpaired) electrons. The minimum absolute atomic E-state index is 0.101. The van der Waals surface area contributed by atoms with Crippen LogP contribution in [0.4, 0.5) is 0 Å². The fourth-order valence-electron chi connectivity index (χ4n) is 2.93. The van der Waals surface area contributed by atoms with Crippen LogP contribution in [-0.4, -0.2) is 19.5 Å². The van der Waals surface area contributed by atoms with Crippen LogP contribution in [0.25, 0.3) is 6.08 Å². The number of ether oxygens (including phenoxy) is 1. The Morgan fingerprint density at radius 3 is 2.60 bits per heavy atom. The van der Waals surface area contributed by atoms with Gasteiger partial charge in [0.15, 0.2) is 5.78 Å². The number of hydrogen-bond acceptors (Lipinski definition) is 3. The van der Waals surface area contributed by atoms with Gasteiger partial charge in [-0.3, -0.25) is 4.79 Å². The van der Waals surface area contributed by atoms with E-state index in [0.717, 1.165) is 22.5 Å². The molecule has 0 N–H and O–H groups in total. The van der Waals surface area contributed by atoms with Gasteiger partial charge in [-0.05, 0) is 30.5 Å². The first kappa shape index (κ1) is 17.7. The lowest BCUT2D eigenvalue weighted by Gasteiger charge is -2.25. The Labute approximate surface area is 153 Å². The Bertz CT molecular complexity index is 806. The van der Waals surface area contributed by atoms with Crippen molar-refractivity contribution in [3.8, 4) is 0 Å². The second kappa shape index (κ2) is 8.32. The van der Waals surface area contributed by atoms with Gasteiger partial charge in [0.1, 0.15) is 0 Å². The summed E-state index contributed by atoms with van der Waals surface area (Å²) in [5, 5.41) is 0.247. The van der Waals surface area contributed by atoms with Gasteiger partial charge >= 0.3 is 0 Å². The molecule has 128 valence electrons. The topological polar surface area (TPSA) is 26.3 Å². The van der Waals surface area contributed by atoms with E-state index in [0.29, 0.717) is 6.61 Å². The van der Waals surface area contributed by atoms with Gasteiger partial charge in [-0.2, -0.15) is 0 Å². The summed E-state index contributed by atoms with van der Waals surface area (Å²) >= 11 is 1.67. The van der Waals surface area contributed by atoms with E-state index in [9.17, 15) is 4.79 Å². The van der Waals surface area contributed by atoms with Crippen molar-refractivity contribution >= 4 is 23.6 Å². The van der Waals surface area contributed by atoms with Gasteiger partial charge in [-0.1, -0.05) is 66.2 Å². The molecule has 1 unspecified atom stereocenters. The van der Waals surface area contributed by atoms with Gasteiger partial charge in [-0.25, -0.2) is 0 Å². The van der Waals surface area contributed by atoms with Crippen molar-refractivity contribution in [2.75, 3.05) is 13.7 Å². The number of benzene rings is 2. The molecule has 3 heteroatoms. The van der Waals surface area contributed by atoms with Crippen molar-refractivity contribution in [2.24, 2.45) is 0 Å². The largest absolute Gasteiger partial charge is 0.381 e. The lowest BCUT2D eigenvalue weighted by atomic mass is 9.98. The van der Waals surface area contributed by atoms with Crippen LogP contribution in [0.15, 0.2) is 71.2 Å². The molecule has 0 saturated heterocycles. The predicted octanol–water partition coefficient (Wildman–Crippen LogP) is 5.68. The van der Waals surface area contributed by atoms with Gasteiger partial charge in [0.25, 0.3) is 0 Å². The van der Waals surface area contributed by atoms with E-state index in [1.165, 1.54) is 11.1 Å². The molecule has 0 amide bonds. The molecule has 1 atom stereocenters. The van der Waals surface area contributed by atoms with Crippen LogP contribution in [0, 0.1) is 0 Å². The zero-order chi connectivity index (χ0) is 17.6. The summed E-state index contributed by atoms with van der Waals surface area (Å²) in [6.07, 6.45) is 5.05. The highest BCUT2D eigenvalue weighted by atomic mass is 32.2. The van der Waals surface area contributed by atoms with Crippen molar-refractivity contribution in [1.82, 2.24) is 0 Å². The van der Waals surface area contributed by atoms with Gasteiger partial charge in [-0.15, -0.1) is 11.8 Å². The minimum atomic E-state index is 0.101. The molecule has 1 aliphatic rings.